The summed E-state index contributed by atoms with van der Waals surface area (Å²) in [5, 5.41) is 42.7. The molecule has 0 bridgehead atoms. The van der Waals surface area contributed by atoms with Crippen LogP contribution in [0.2, 0.25) is 0 Å². The molecule has 0 aromatic carbocycles. The van der Waals surface area contributed by atoms with Crippen molar-refractivity contribution in [2.24, 2.45) is 39.4 Å². The van der Waals surface area contributed by atoms with Gasteiger partial charge in [0.25, 0.3) is 0 Å². The Kier molecular flexibility index (Phi) is 23.5. The molecule has 1 aromatic rings. The number of aromatic nitrogens is 2. The Bertz CT molecular complexity index is 1860. The van der Waals surface area contributed by atoms with Crippen LogP contribution in [0.15, 0.2) is 17.5 Å². The lowest BCUT2D eigenvalue weighted by Gasteiger charge is -2.28. The molecule has 1 aromatic heterocycles. The summed E-state index contributed by atoms with van der Waals surface area (Å²) >= 11 is 0. The van der Waals surface area contributed by atoms with Gasteiger partial charge in [0.15, 0.2) is 5.96 Å². The third-order valence-electron chi connectivity index (χ3n) is 8.90. The molecule has 1 rings (SSSR count). The Labute approximate surface area is 364 Å². The van der Waals surface area contributed by atoms with Crippen LogP contribution in [0, 0.1) is 0 Å². The van der Waals surface area contributed by atoms with Crippen molar-refractivity contribution in [3.05, 3.63) is 18.2 Å². The number of aromatic amines is 1. The minimum absolute atomic E-state index is 0.0252. The minimum atomic E-state index is -1.92. The van der Waals surface area contributed by atoms with Crippen molar-refractivity contribution in [3.8, 4) is 0 Å². The lowest BCUT2D eigenvalue weighted by atomic mass is 10.0. The second-order valence-electron chi connectivity index (χ2n) is 14.3. The molecule has 64 heavy (non-hydrogen) atoms. The van der Waals surface area contributed by atoms with Crippen molar-refractivity contribution < 1.29 is 68.1 Å². The molecule has 29 heteroatoms. The van der Waals surface area contributed by atoms with E-state index in [0.717, 1.165) is 6.92 Å². The van der Waals surface area contributed by atoms with Crippen LogP contribution in [0.5, 0.6) is 0 Å². The fourth-order valence-corrected chi connectivity index (χ4v) is 5.56. The highest BCUT2D eigenvalue weighted by Crippen LogP contribution is 2.08. The number of hydrogen-bond donors (Lipinski definition) is 16. The van der Waals surface area contributed by atoms with Crippen molar-refractivity contribution in [1.29, 1.82) is 0 Å². The third-order valence-corrected chi connectivity index (χ3v) is 8.90. The first-order valence-electron chi connectivity index (χ1n) is 19.5. The Morgan fingerprint density at radius 2 is 1.11 bits per heavy atom. The number of guanidine groups is 1. The van der Waals surface area contributed by atoms with Crippen LogP contribution >= 0.6 is 0 Å². The number of primary amides is 3. The number of aliphatic imine (C=N–C) groups is 1. The zero-order chi connectivity index (χ0) is 48.7. The predicted molar refractivity (Wildman–Crippen MR) is 219 cm³/mol. The van der Waals surface area contributed by atoms with Gasteiger partial charge < -0.3 is 86.6 Å². The van der Waals surface area contributed by atoms with Crippen molar-refractivity contribution >= 4 is 71.1 Å². The number of aliphatic hydroxyl groups excluding tert-OH is 1. The van der Waals surface area contributed by atoms with Crippen LogP contribution in [-0.2, 0) is 59.2 Å². The van der Waals surface area contributed by atoms with Gasteiger partial charge in [-0.2, -0.15) is 0 Å². The molecular weight excluding hydrogens is 854 g/mol. The third kappa shape index (κ3) is 21.4. The maximum absolute atomic E-state index is 13.7. The van der Waals surface area contributed by atoms with E-state index in [-0.39, 0.29) is 31.8 Å². The van der Waals surface area contributed by atoms with Crippen LogP contribution in [0.1, 0.15) is 70.4 Å². The number of H-pyrrole nitrogens is 1. The van der Waals surface area contributed by atoms with E-state index in [4.69, 9.17) is 34.4 Å². The number of nitrogens with two attached hydrogens (primary N) is 6. The fourth-order valence-electron chi connectivity index (χ4n) is 5.56. The van der Waals surface area contributed by atoms with Crippen LogP contribution in [0.4, 0.5) is 0 Å². The molecular formula is C35H57N15O14. The van der Waals surface area contributed by atoms with Crippen molar-refractivity contribution in [2.75, 3.05) is 6.54 Å². The number of carboxylic acids is 2. The topological polar surface area (TPSA) is 518 Å². The van der Waals surface area contributed by atoms with E-state index in [9.17, 15) is 68.1 Å². The Morgan fingerprint density at radius 1 is 0.641 bits per heavy atom. The molecule has 0 spiro atoms. The van der Waals surface area contributed by atoms with Gasteiger partial charge >= 0.3 is 11.9 Å². The second kappa shape index (κ2) is 27.5. The quantitative estimate of drug-likeness (QED) is 0.0187. The molecule has 8 atom stereocenters. The molecule has 22 N–H and O–H groups in total. The van der Waals surface area contributed by atoms with Gasteiger partial charge in [-0.05, 0) is 39.0 Å². The van der Waals surface area contributed by atoms with Gasteiger partial charge in [0, 0.05) is 44.1 Å². The molecule has 0 aliphatic heterocycles. The summed E-state index contributed by atoms with van der Waals surface area (Å²) in [5.74, 6) is -13.1. The molecule has 1 heterocycles. The maximum Gasteiger partial charge on any atom is 0.326 e. The lowest BCUT2D eigenvalue weighted by molar-refractivity contribution is -0.143. The van der Waals surface area contributed by atoms with E-state index in [0.29, 0.717) is 5.69 Å². The molecule has 0 radical (unpaired) electrons. The predicted octanol–water partition coefficient (Wildman–Crippen LogP) is -8.02. The minimum Gasteiger partial charge on any atom is -0.481 e. The van der Waals surface area contributed by atoms with Crippen LogP contribution in [0.25, 0.3) is 0 Å². The molecule has 0 unspecified atom stereocenters. The van der Waals surface area contributed by atoms with E-state index < -0.39 is 158 Å². The van der Waals surface area contributed by atoms with Gasteiger partial charge in [0.2, 0.25) is 53.2 Å². The summed E-state index contributed by atoms with van der Waals surface area (Å²) < 4.78 is 0. The number of rotatable bonds is 31. The zero-order valence-corrected chi connectivity index (χ0v) is 34.7. The number of nitrogens with zero attached hydrogens (tertiary/aromatic N) is 2. The Hall–Kier alpha value is -7.43. The summed E-state index contributed by atoms with van der Waals surface area (Å²) in [7, 11) is 0. The largest absolute Gasteiger partial charge is 0.481 e. The van der Waals surface area contributed by atoms with Gasteiger partial charge in [-0.25, -0.2) is 9.78 Å². The van der Waals surface area contributed by atoms with E-state index in [1.54, 1.807) is 0 Å². The van der Waals surface area contributed by atoms with Crippen LogP contribution in [0.3, 0.4) is 0 Å². The summed E-state index contributed by atoms with van der Waals surface area (Å²) in [4.78, 5) is 149. The second-order valence-corrected chi connectivity index (χ2v) is 14.3. The van der Waals surface area contributed by atoms with Crippen molar-refractivity contribution in [1.82, 2.24) is 41.9 Å². The Balaban J connectivity index is 3.37. The summed E-state index contributed by atoms with van der Waals surface area (Å²) in [5.41, 5.74) is 32.7. The van der Waals surface area contributed by atoms with E-state index in [1.165, 1.54) is 12.5 Å². The fraction of sp³-hybridized carbons (Fsp3) is 0.571. The maximum atomic E-state index is 13.7. The average Bonchev–Trinajstić information content (AvgIpc) is 3.71. The standard InChI is InChI=1S/C35H57N15O14/c1-15(51)27(33(62)47-18(3-2-10-43-35(40)41)29(58)48-21(34(63)64)5-8-24(38)53)50-31(60)19(4-7-23(37)52)46-32(61)22(12-25(39)54)49-30(59)20(6-9-26(55)56)45-28(57)17(36)11-16-13-42-14-44-16/h13-15,17-22,27,51H,2-12,36H2,1H3,(H2,37,52)(H2,38,53)(H2,39,54)(H,42,44)(H,45,57)(H,46,61)(H,47,62)(H,48,58)(H,49,59)(H,50,60)(H,55,56)(H,63,64)(H4,40,41,43)/t15-,17+,18+,19+,20+,21+,22+,27+/m1/s1. The molecule has 356 valence electrons. The van der Waals surface area contributed by atoms with Gasteiger partial charge in [-0.1, -0.05) is 0 Å². The highest BCUT2D eigenvalue weighted by molar-refractivity contribution is 5.98. The number of carbonyl (C=O) groups is 11. The highest BCUT2D eigenvalue weighted by Gasteiger charge is 2.36. The molecule has 29 nitrogen and oxygen atoms in total. The van der Waals surface area contributed by atoms with E-state index in [2.05, 4.69) is 46.9 Å². The van der Waals surface area contributed by atoms with Gasteiger partial charge in [0.05, 0.1) is 24.9 Å². The molecule has 0 saturated heterocycles. The van der Waals surface area contributed by atoms with Crippen molar-refractivity contribution in [3.63, 3.8) is 0 Å². The van der Waals surface area contributed by atoms with E-state index >= 15 is 0 Å². The van der Waals surface area contributed by atoms with E-state index in [1.807, 2.05) is 0 Å². The summed E-state index contributed by atoms with van der Waals surface area (Å²) in [6, 6.07) is -11.7. The first-order chi connectivity index (χ1) is 29.9. The Morgan fingerprint density at radius 3 is 1.59 bits per heavy atom. The molecule has 9 amide bonds. The molecule has 0 saturated carbocycles. The number of aliphatic carboxylic acids is 2. The van der Waals surface area contributed by atoms with Crippen LogP contribution < -0.4 is 66.3 Å². The number of hydrogen-bond acceptors (Lipinski definition) is 15. The SMILES string of the molecule is C[C@@H](O)[C@H](NC(=O)[C@H](CCC(N)=O)NC(=O)[C@H](CC(N)=O)NC(=O)[C@H](CCC(=O)O)NC(=O)[C@@H](N)Cc1cnc[nH]1)C(=O)N[C@@H](CCCN=C(N)N)C(=O)N[C@@H](CCC(N)=O)C(=O)O. The number of amides is 9. The molecule has 0 aliphatic carbocycles. The monoisotopic (exact) mass is 911 g/mol. The summed E-state index contributed by atoms with van der Waals surface area (Å²) in [6.07, 6.45) is -3.37. The first-order valence-corrected chi connectivity index (χ1v) is 19.5. The van der Waals surface area contributed by atoms with Gasteiger partial charge in [-0.15, -0.1) is 0 Å². The number of carboxylic acid groups (broad SMARTS) is 2. The van der Waals surface area contributed by atoms with Gasteiger partial charge in [-0.3, -0.25) is 52.9 Å². The summed E-state index contributed by atoms with van der Waals surface area (Å²) in [6.45, 7) is 1.00. The highest BCUT2D eigenvalue weighted by atomic mass is 16.4. The number of nitrogens with one attached hydrogen (secondary N) is 7. The smallest absolute Gasteiger partial charge is 0.326 e. The normalized spacial score (nSPS) is 14.5. The molecule has 0 fully saturated rings. The van der Waals surface area contributed by atoms with Crippen molar-refractivity contribution in [2.45, 2.75) is 120 Å². The lowest BCUT2D eigenvalue weighted by Crippen LogP contribution is -2.61. The average molecular weight is 912 g/mol. The number of carbonyl (C=O) groups excluding carboxylic acids is 9. The number of aliphatic hydroxyl groups is 1. The van der Waals surface area contributed by atoms with Gasteiger partial charge in [0.1, 0.15) is 36.3 Å². The first kappa shape index (κ1) is 54.6. The van der Waals surface area contributed by atoms with Crippen LogP contribution in [-0.4, -0.2) is 151 Å². The molecule has 0 aliphatic rings. The zero-order valence-electron chi connectivity index (χ0n) is 34.7. The number of imidazole rings is 1.